The standard InChI is InChI=1S/C16H25N3O2/c1-4-19(5-2)16(21)13-7-6-8-14(11-13)18-15(20)10-9-12(3)17/h6-8,11-12H,4-5,9-10,17H2,1-3H3,(H,18,20). The van der Waals surface area contributed by atoms with Gasteiger partial charge in [0.05, 0.1) is 0 Å². The normalized spacial score (nSPS) is 11.8. The van der Waals surface area contributed by atoms with E-state index in [1.807, 2.05) is 20.8 Å². The summed E-state index contributed by atoms with van der Waals surface area (Å²) in [6.07, 6.45) is 1.02. The van der Waals surface area contributed by atoms with Crippen LogP contribution in [-0.4, -0.2) is 35.8 Å². The number of carbonyl (C=O) groups is 2. The highest BCUT2D eigenvalue weighted by molar-refractivity contribution is 5.97. The minimum atomic E-state index is -0.0836. The molecular weight excluding hydrogens is 266 g/mol. The van der Waals surface area contributed by atoms with E-state index in [0.29, 0.717) is 37.2 Å². The Labute approximate surface area is 126 Å². The molecule has 2 amide bonds. The summed E-state index contributed by atoms with van der Waals surface area (Å²) in [6.45, 7) is 7.10. The number of hydrogen-bond acceptors (Lipinski definition) is 3. The Bertz CT molecular complexity index is 482. The molecule has 0 bridgehead atoms. The second-order valence-electron chi connectivity index (χ2n) is 5.12. The van der Waals surface area contributed by atoms with E-state index >= 15 is 0 Å². The van der Waals surface area contributed by atoms with E-state index in [2.05, 4.69) is 5.32 Å². The smallest absolute Gasteiger partial charge is 0.253 e. The SMILES string of the molecule is CCN(CC)C(=O)c1cccc(NC(=O)CCC(C)N)c1. The molecule has 0 aliphatic carbocycles. The highest BCUT2D eigenvalue weighted by Gasteiger charge is 2.13. The molecule has 0 aliphatic heterocycles. The van der Waals surface area contributed by atoms with Gasteiger partial charge in [-0.1, -0.05) is 6.07 Å². The maximum atomic E-state index is 12.3. The van der Waals surface area contributed by atoms with Crippen molar-refractivity contribution in [2.75, 3.05) is 18.4 Å². The van der Waals surface area contributed by atoms with Crippen molar-refractivity contribution in [2.45, 2.75) is 39.7 Å². The Kier molecular flexibility index (Phi) is 6.88. The van der Waals surface area contributed by atoms with Crippen molar-refractivity contribution in [3.05, 3.63) is 29.8 Å². The van der Waals surface area contributed by atoms with Crippen LogP contribution in [0.2, 0.25) is 0 Å². The summed E-state index contributed by atoms with van der Waals surface area (Å²) in [7, 11) is 0. The van der Waals surface area contributed by atoms with Gasteiger partial charge in [0.2, 0.25) is 5.91 Å². The molecule has 21 heavy (non-hydrogen) atoms. The van der Waals surface area contributed by atoms with Crippen molar-refractivity contribution in [1.82, 2.24) is 4.90 Å². The lowest BCUT2D eigenvalue weighted by Gasteiger charge is -2.19. The molecule has 1 aromatic carbocycles. The van der Waals surface area contributed by atoms with Crippen molar-refractivity contribution < 1.29 is 9.59 Å². The zero-order valence-electron chi connectivity index (χ0n) is 13.1. The molecule has 1 rings (SSSR count). The third-order valence-corrected chi connectivity index (χ3v) is 3.27. The van der Waals surface area contributed by atoms with Crippen LogP contribution < -0.4 is 11.1 Å². The van der Waals surface area contributed by atoms with E-state index < -0.39 is 0 Å². The van der Waals surface area contributed by atoms with Gasteiger partial charge in [0.25, 0.3) is 5.91 Å². The molecule has 0 saturated heterocycles. The lowest BCUT2D eigenvalue weighted by atomic mass is 10.1. The Morgan fingerprint density at radius 3 is 2.52 bits per heavy atom. The summed E-state index contributed by atoms with van der Waals surface area (Å²) < 4.78 is 0. The molecule has 116 valence electrons. The summed E-state index contributed by atoms with van der Waals surface area (Å²) in [5.74, 6) is -0.105. The number of carbonyl (C=O) groups excluding carboxylic acids is 2. The Morgan fingerprint density at radius 2 is 1.95 bits per heavy atom. The van der Waals surface area contributed by atoms with Gasteiger partial charge in [0.15, 0.2) is 0 Å². The summed E-state index contributed by atoms with van der Waals surface area (Å²) in [5, 5.41) is 2.80. The molecule has 5 nitrogen and oxygen atoms in total. The lowest BCUT2D eigenvalue weighted by molar-refractivity contribution is -0.116. The largest absolute Gasteiger partial charge is 0.339 e. The van der Waals surface area contributed by atoms with Gasteiger partial charge in [-0.25, -0.2) is 0 Å². The predicted octanol–water partition coefficient (Wildman–Crippen LogP) is 2.23. The van der Waals surface area contributed by atoms with E-state index in [1.54, 1.807) is 29.2 Å². The maximum Gasteiger partial charge on any atom is 0.253 e. The fraction of sp³-hybridized carbons (Fsp3) is 0.500. The Hall–Kier alpha value is -1.88. The fourth-order valence-corrected chi connectivity index (χ4v) is 2.01. The Morgan fingerprint density at radius 1 is 1.29 bits per heavy atom. The number of amides is 2. The molecule has 1 atom stereocenters. The minimum absolute atomic E-state index is 0.00586. The molecule has 0 saturated carbocycles. The van der Waals surface area contributed by atoms with Crippen molar-refractivity contribution in [3.63, 3.8) is 0 Å². The van der Waals surface area contributed by atoms with Gasteiger partial charge in [-0.15, -0.1) is 0 Å². The first-order chi connectivity index (χ1) is 9.97. The van der Waals surface area contributed by atoms with E-state index in [9.17, 15) is 9.59 Å². The molecular formula is C16H25N3O2. The maximum absolute atomic E-state index is 12.3. The molecule has 0 aliphatic rings. The first-order valence-corrected chi connectivity index (χ1v) is 7.42. The monoisotopic (exact) mass is 291 g/mol. The summed E-state index contributed by atoms with van der Waals surface area (Å²) in [4.78, 5) is 25.8. The number of nitrogens with two attached hydrogens (primary N) is 1. The number of anilines is 1. The quantitative estimate of drug-likeness (QED) is 0.809. The lowest BCUT2D eigenvalue weighted by Crippen LogP contribution is -2.30. The van der Waals surface area contributed by atoms with E-state index in [0.717, 1.165) is 0 Å². The number of hydrogen-bond donors (Lipinski definition) is 2. The fourth-order valence-electron chi connectivity index (χ4n) is 2.01. The molecule has 0 spiro atoms. The topological polar surface area (TPSA) is 75.4 Å². The molecule has 1 aromatic rings. The van der Waals surface area contributed by atoms with Gasteiger partial charge in [0, 0.05) is 36.8 Å². The van der Waals surface area contributed by atoms with Gasteiger partial charge in [0.1, 0.15) is 0 Å². The molecule has 0 radical (unpaired) electrons. The van der Waals surface area contributed by atoms with Crippen molar-refractivity contribution in [2.24, 2.45) is 5.73 Å². The number of nitrogens with zero attached hydrogens (tertiary/aromatic N) is 1. The van der Waals surface area contributed by atoms with E-state index in [4.69, 9.17) is 5.73 Å². The zero-order valence-corrected chi connectivity index (χ0v) is 13.1. The van der Waals surface area contributed by atoms with Gasteiger partial charge in [-0.3, -0.25) is 9.59 Å². The van der Waals surface area contributed by atoms with Crippen molar-refractivity contribution >= 4 is 17.5 Å². The van der Waals surface area contributed by atoms with Gasteiger partial charge >= 0.3 is 0 Å². The van der Waals surface area contributed by atoms with Gasteiger partial charge in [-0.05, 0) is 45.4 Å². The van der Waals surface area contributed by atoms with Crippen molar-refractivity contribution in [1.29, 1.82) is 0 Å². The van der Waals surface area contributed by atoms with Crippen LogP contribution in [-0.2, 0) is 4.79 Å². The molecule has 0 fully saturated rings. The molecule has 5 heteroatoms. The van der Waals surface area contributed by atoms with Gasteiger partial charge < -0.3 is 16.0 Å². The molecule has 0 heterocycles. The van der Waals surface area contributed by atoms with Crippen LogP contribution >= 0.6 is 0 Å². The average Bonchev–Trinajstić information content (AvgIpc) is 2.46. The third-order valence-electron chi connectivity index (χ3n) is 3.27. The third kappa shape index (κ3) is 5.55. The first kappa shape index (κ1) is 17.2. The second kappa shape index (κ2) is 8.42. The average molecular weight is 291 g/mol. The molecule has 0 aromatic heterocycles. The van der Waals surface area contributed by atoms with Crippen LogP contribution in [0.25, 0.3) is 0 Å². The van der Waals surface area contributed by atoms with Crippen molar-refractivity contribution in [3.8, 4) is 0 Å². The minimum Gasteiger partial charge on any atom is -0.339 e. The van der Waals surface area contributed by atoms with Crippen LogP contribution in [0.15, 0.2) is 24.3 Å². The van der Waals surface area contributed by atoms with E-state index in [-0.39, 0.29) is 17.9 Å². The highest BCUT2D eigenvalue weighted by Crippen LogP contribution is 2.13. The molecule has 1 unspecified atom stereocenters. The first-order valence-electron chi connectivity index (χ1n) is 7.42. The summed E-state index contributed by atoms with van der Waals surface area (Å²) in [5.41, 5.74) is 6.86. The number of nitrogens with one attached hydrogen (secondary N) is 1. The zero-order chi connectivity index (χ0) is 15.8. The van der Waals surface area contributed by atoms with Crippen LogP contribution in [0.3, 0.4) is 0 Å². The van der Waals surface area contributed by atoms with E-state index in [1.165, 1.54) is 0 Å². The second-order valence-corrected chi connectivity index (χ2v) is 5.12. The van der Waals surface area contributed by atoms with Crippen LogP contribution in [0.5, 0.6) is 0 Å². The van der Waals surface area contributed by atoms with Crippen LogP contribution in [0, 0.1) is 0 Å². The van der Waals surface area contributed by atoms with Crippen LogP contribution in [0.4, 0.5) is 5.69 Å². The Balaban J connectivity index is 2.72. The highest BCUT2D eigenvalue weighted by atomic mass is 16.2. The summed E-state index contributed by atoms with van der Waals surface area (Å²) >= 11 is 0. The predicted molar refractivity (Wildman–Crippen MR) is 85.2 cm³/mol. The number of benzene rings is 1. The van der Waals surface area contributed by atoms with Crippen LogP contribution in [0.1, 0.15) is 44.0 Å². The summed E-state index contributed by atoms with van der Waals surface area (Å²) in [6, 6.07) is 7.04. The molecule has 3 N–H and O–H groups in total. The van der Waals surface area contributed by atoms with Gasteiger partial charge in [-0.2, -0.15) is 0 Å². The number of rotatable bonds is 7.